The molecule has 0 saturated heterocycles. The summed E-state index contributed by atoms with van der Waals surface area (Å²) in [4.78, 5) is 35.4. The molecule has 186 valence electrons. The van der Waals surface area contributed by atoms with Crippen LogP contribution in [0.1, 0.15) is 18.9 Å². The summed E-state index contributed by atoms with van der Waals surface area (Å²) in [7, 11) is 0. The van der Waals surface area contributed by atoms with Crippen LogP contribution >= 0.6 is 11.6 Å². The molecule has 0 spiro atoms. The molecule has 0 atom stereocenters. The molecule has 1 aliphatic rings. The van der Waals surface area contributed by atoms with E-state index in [2.05, 4.69) is 15.6 Å². The van der Waals surface area contributed by atoms with Crippen molar-refractivity contribution >= 4 is 45.1 Å². The van der Waals surface area contributed by atoms with Crippen molar-refractivity contribution < 1.29 is 4.79 Å². The highest BCUT2D eigenvalue weighted by Gasteiger charge is 2.26. The van der Waals surface area contributed by atoms with Crippen molar-refractivity contribution in [2.75, 3.05) is 18.0 Å². The van der Waals surface area contributed by atoms with Gasteiger partial charge in [-0.1, -0.05) is 41.9 Å². The minimum Gasteiger partial charge on any atom is -0.340 e. The average molecular weight is 512 g/mol. The highest BCUT2D eigenvalue weighted by Crippen LogP contribution is 2.40. The molecule has 0 aliphatic carbocycles. The second kappa shape index (κ2) is 9.18. The number of para-hydroxylation sites is 1. The zero-order chi connectivity index (χ0) is 25.7. The van der Waals surface area contributed by atoms with E-state index >= 15 is 0 Å². The summed E-state index contributed by atoms with van der Waals surface area (Å²) in [6.45, 7) is 3.45. The molecule has 0 saturated carbocycles. The van der Waals surface area contributed by atoms with E-state index in [1.165, 1.54) is 0 Å². The fourth-order valence-electron chi connectivity index (χ4n) is 5.40. The quantitative estimate of drug-likeness (QED) is 0.342. The van der Waals surface area contributed by atoms with Gasteiger partial charge in [0.1, 0.15) is 5.69 Å². The van der Waals surface area contributed by atoms with Crippen LogP contribution in [0.5, 0.6) is 0 Å². The first-order chi connectivity index (χ1) is 18.0. The number of aromatic amines is 1. The van der Waals surface area contributed by atoms with Crippen molar-refractivity contribution in [3.05, 3.63) is 81.6 Å². The van der Waals surface area contributed by atoms with Gasteiger partial charge < -0.3 is 20.2 Å². The summed E-state index contributed by atoms with van der Waals surface area (Å²) < 4.78 is 2.22. The predicted octanol–water partition coefficient (Wildman–Crippen LogP) is 5.12. The lowest BCUT2D eigenvalue weighted by Crippen LogP contribution is -2.25. The van der Waals surface area contributed by atoms with Crippen molar-refractivity contribution in [2.24, 2.45) is 5.73 Å². The number of rotatable bonds is 5. The fourth-order valence-corrected chi connectivity index (χ4v) is 5.52. The van der Waals surface area contributed by atoms with Crippen LogP contribution in [-0.2, 0) is 17.8 Å². The molecular formula is C29H26ClN5O2. The molecule has 3 heterocycles. The summed E-state index contributed by atoms with van der Waals surface area (Å²) in [6, 6.07) is 19.6. The number of nitrogens with one attached hydrogen (secondary N) is 1. The summed E-state index contributed by atoms with van der Waals surface area (Å²) >= 11 is 6.21. The Labute approximate surface area is 218 Å². The first-order valence-corrected chi connectivity index (χ1v) is 12.8. The number of hydrogen-bond donors (Lipinski definition) is 2. The van der Waals surface area contributed by atoms with Gasteiger partial charge in [-0.05, 0) is 60.8 Å². The maximum Gasteiger partial charge on any atom is 0.275 e. The number of carbonyl (C=O) groups is 1. The molecule has 0 fully saturated rings. The molecule has 1 amide bonds. The smallest absolute Gasteiger partial charge is 0.275 e. The molecule has 5 aromatic rings. The lowest BCUT2D eigenvalue weighted by Gasteiger charge is -2.15. The van der Waals surface area contributed by atoms with E-state index < -0.39 is 0 Å². The van der Waals surface area contributed by atoms with Crippen LogP contribution in [0.4, 0.5) is 5.69 Å². The second-order valence-corrected chi connectivity index (χ2v) is 9.81. The van der Waals surface area contributed by atoms with Crippen molar-refractivity contribution in [3.8, 4) is 22.5 Å². The van der Waals surface area contributed by atoms with Crippen molar-refractivity contribution in [3.63, 3.8) is 0 Å². The summed E-state index contributed by atoms with van der Waals surface area (Å²) in [5.41, 5.74) is 12.8. The summed E-state index contributed by atoms with van der Waals surface area (Å²) in [6.07, 6.45) is 1.55. The van der Waals surface area contributed by atoms with Gasteiger partial charge in [0, 0.05) is 47.2 Å². The number of nitrogens with zero attached hydrogens (tertiary/aromatic N) is 3. The molecular weight excluding hydrogens is 486 g/mol. The van der Waals surface area contributed by atoms with Crippen LogP contribution < -0.4 is 16.2 Å². The molecule has 3 N–H and O–H groups in total. The Kier molecular flexibility index (Phi) is 5.82. The molecule has 37 heavy (non-hydrogen) atoms. The van der Waals surface area contributed by atoms with Gasteiger partial charge in [-0.15, -0.1) is 0 Å². The monoisotopic (exact) mass is 511 g/mol. The number of aromatic nitrogens is 3. The number of fused-ring (bicyclic) bond motifs is 3. The van der Waals surface area contributed by atoms with Gasteiger partial charge >= 0.3 is 0 Å². The third-order valence-corrected chi connectivity index (χ3v) is 7.33. The predicted molar refractivity (Wildman–Crippen MR) is 149 cm³/mol. The first-order valence-electron chi connectivity index (χ1n) is 12.4. The Bertz CT molecular complexity index is 1740. The molecule has 0 unspecified atom stereocenters. The number of carbonyl (C=O) groups excluding carboxylic acids is 1. The normalized spacial score (nSPS) is 13.0. The third-order valence-electron chi connectivity index (χ3n) is 7.08. The van der Waals surface area contributed by atoms with Crippen molar-refractivity contribution in [2.45, 2.75) is 26.3 Å². The SMILES string of the molecule is CC(=O)N1CCc2cc3nc(-c4c(-c5ccc(Cl)cc5)n(CCCN)c5ccccc45)c(=O)[nH]c3cc21. The van der Waals surface area contributed by atoms with E-state index in [4.69, 9.17) is 22.3 Å². The zero-order valence-electron chi connectivity index (χ0n) is 20.4. The number of amides is 1. The van der Waals surface area contributed by atoms with Crippen LogP contribution in [0.25, 0.3) is 44.5 Å². The minimum atomic E-state index is -0.281. The number of benzene rings is 3. The number of nitrogens with two attached hydrogens (primary N) is 1. The van der Waals surface area contributed by atoms with E-state index in [1.807, 2.05) is 54.6 Å². The number of H-pyrrole nitrogens is 1. The Hall–Kier alpha value is -3.94. The van der Waals surface area contributed by atoms with Crippen LogP contribution in [0.3, 0.4) is 0 Å². The average Bonchev–Trinajstić information content (AvgIpc) is 3.45. The lowest BCUT2D eigenvalue weighted by atomic mass is 10.0. The summed E-state index contributed by atoms with van der Waals surface area (Å²) in [5.74, 6) is -0.0112. The number of halogens is 1. The fraction of sp³-hybridized carbons (Fsp3) is 0.207. The van der Waals surface area contributed by atoms with Crippen LogP contribution in [0, 0.1) is 0 Å². The summed E-state index contributed by atoms with van der Waals surface area (Å²) in [5, 5.41) is 1.59. The van der Waals surface area contributed by atoms with Crippen LogP contribution in [-0.4, -0.2) is 33.5 Å². The number of anilines is 1. The van der Waals surface area contributed by atoms with E-state index in [0.717, 1.165) is 51.8 Å². The second-order valence-electron chi connectivity index (χ2n) is 9.37. The Balaban J connectivity index is 1.64. The third kappa shape index (κ3) is 3.91. The van der Waals surface area contributed by atoms with E-state index in [9.17, 15) is 9.59 Å². The van der Waals surface area contributed by atoms with Crippen molar-refractivity contribution in [1.29, 1.82) is 0 Å². The van der Waals surface area contributed by atoms with Gasteiger partial charge in [-0.3, -0.25) is 9.59 Å². The van der Waals surface area contributed by atoms with Gasteiger partial charge in [0.2, 0.25) is 5.91 Å². The topological polar surface area (TPSA) is 97.0 Å². The lowest BCUT2D eigenvalue weighted by molar-refractivity contribution is -0.116. The zero-order valence-corrected chi connectivity index (χ0v) is 21.2. The molecule has 1 aliphatic heterocycles. The minimum absolute atomic E-state index is 0.0112. The molecule has 0 bridgehead atoms. The first kappa shape index (κ1) is 23.5. The van der Waals surface area contributed by atoms with Gasteiger partial charge in [0.15, 0.2) is 0 Å². The number of aryl methyl sites for hydroxylation is 1. The molecule has 7 nitrogen and oxygen atoms in total. The molecule has 8 heteroatoms. The van der Waals surface area contributed by atoms with Gasteiger partial charge in [0.25, 0.3) is 5.56 Å². The Morgan fingerprint density at radius 3 is 2.68 bits per heavy atom. The van der Waals surface area contributed by atoms with Crippen LogP contribution in [0.2, 0.25) is 5.02 Å². The van der Waals surface area contributed by atoms with E-state index in [0.29, 0.717) is 41.4 Å². The Morgan fingerprint density at radius 2 is 1.92 bits per heavy atom. The van der Waals surface area contributed by atoms with Gasteiger partial charge in [-0.25, -0.2) is 4.98 Å². The van der Waals surface area contributed by atoms with Crippen LogP contribution in [0.15, 0.2) is 65.5 Å². The van der Waals surface area contributed by atoms with Gasteiger partial charge in [0.05, 0.1) is 16.7 Å². The highest BCUT2D eigenvalue weighted by molar-refractivity contribution is 6.30. The maximum absolute atomic E-state index is 13.6. The maximum atomic E-state index is 13.6. The van der Waals surface area contributed by atoms with E-state index in [-0.39, 0.29) is 11.5 Å². The molecule has 3 aromatic carbocycles. The largest absolute Gasteiger partial charge is 0.340 e. The Morgan fingerprint density at radius 1 is 1.14 bits per heavy atom. The number of hydrogen-bond acceptors (Lipinski definition) is 4. The highest BCUT2D eigenvalue weighted by atomic mass is 35.5. The van der Waals surface area contributed by atoms with Crippen molar-refractivity contribution in [1.82, 2.24) is 14.5 Å². The molecule has 0 radical (unpaired) electrons. The molecule has 2 aromatic heterocycles. The standard InChI is InChI=1S/C29H26ClN5O2/c1-17(36)34-14-11-19-15-22-23(16-25(19)34)33-29(37)27(32-22)26-21-5-2-3-6-24(21)35(13-4-12-31)28(26)18-7-9-20(30)10-8-18/h2-3,5-10,15-16H,4,11-14,31H2,1H3,(H,33,37). The molecule has 6 rings (SSSR count). The van der Waals surface area contributed by atoms with E-state index in [1.54, 1.807) is 11.8 Å². The van der Waals surface area contributed by atoms with Gasteiger partial charge in [-0.2, -0.15) is 0 Å².